The molecule has 0 aromatic heterocycles. The van der Waals surface area contributed by atoms with E-state index in [-0.39, 0.29) is 10.8 Å². The Morgan fingerprint density at radius 2 is 1.40 bits per heavy atom. The van der Waals surface area contributed by atoms with Crippen LogP contribution in [0.5, 0.6) is 5.75 Å². The van der Waals surface area contributed by atoms with Crippen LogP contribution >= 0.6 is 11.6 Å². The van der Waals surface area contributed by atoms with Gasteiger partial charge in [0.05, 0.1) is 0 Å². The molecule has 1 rings (SSSR count). The van der Waals surface area contributed by atoms with Crippen LogP contribution in [0.15, 0.2) is 18.2 Å². The summed E-state index contributed by atoms with van der Waals surface area (Å²) in [6.45, 7) is 14.6. The monoisotopic (exact) mass is 296 g/mol. The smallest absolute Gasteiger partial charge is 0.262 e. The van der Waals surface area contributed by atoms with Crippen molar-refractivity contribution in [1.29, 1.82) is 0 Å². The molecule has 0 saturated carbocycles. The molecule has 0 radical (unpaired) electrons. The average molecular weight is 297 g/mol. The fourth-order valence-electron chi connectivity index (χ4n) is 1.78. The Balaban J connectivity index is 3.28. The number of benzene rings is 1. The number of carbonyl (C=O) groups excluding carboxylic acids is 1. The first kappa shape index (κ1) is 17.0. The van der Waals surface area contributed by atoms with Gasteiger partial charge in [-0.1, -0.05) is 47.6 Å². The summed E-state index contributed by atoms with van der Waals surface area (Å²) in [6, 6.07) is 6.19. The van der Waals surface area contributed by atoms with Crippen molar-refractivity contribution in [2.24, 2.45) is 0 Å². The molecule has 0 saturated heterocycles. The minimum atomic E-state index is -0.639. The molecule has 3 heteroatoms. The van der Waals surface area contributed by atoms with Crippen molar-refractivity contribution in [3.8, 4) is 5.75 Å². The highest BCUT2D eigenvalue weighted by Gasteiger charge is 2.22. The van der Waals surface area contributed by atoms with Crippen molar-refractivity contribution in [3.05, 3.63) is 29.3 Å². The molecule has 1 aromatic carbocycles. The number of hydrogen-bond donors (Lipinski definition) is 0. The van der Waals surface area contributed by atoms with Gasteiger partial charge in [0.2, 0.25) is 0 Å². The lowest BCUT2D eigenvalue weighted by molar-refractivity contribution is -0.117. The Kier molecular flexibility index (Phi) is 4.91. The fourth-order valence-corrected chi connectivity index (χ4v) is 1.83. The molecule has 0 aliphatic heterocycles. The van der Waals surface area contributed by atoms with Crippen molar-refractivity contribution < 1.29 is 9.53 Å². The van der Waals surface area contributed by atoms with E-state index in [1.807, 2.05) is 12.1 Å². The van der Waals surface area contributed by atoms with Gasteiger partial charge in [-0.3, -0.25) is 4.79 Å². The number of hydrogen-bond acceptors (Lipinski definition) is 2. The van der Waals surface area contributed by atoms with Crippen LogP contribution in [0.3, 0.4) is 0 Å². The molecule has 0 spiro atoms. The van der Waals surface area contributed by atoms with Gasteiger partial charge in [0.1, 0.15) is 5.75 Å². The van der Waals surface area contributed by atoms with Crippen LogP contribution in [0, 0.1) is 0 Å². The second-order valence-electron chi connectivity index (χ2n) is 7.31. The van der Waals surface area contributed by atoms with Gasteiger partial charge in [0.25, 0.3) is 5.24 Å². The molecule has 0 aliphatic carbocycles. The number of halogens is 1. The maximum Gasteiger partial charge on any atom is 0.262 e. The van der Waals surface area contributed by atoms with Crippen molar-refractivity contribution in [3.63, 3.8) is 0 Å². The SMILES string of the molecule is C[C@H](Oc1cc(C(C)(C)C)cc(C(C)(C)C)c1)C(=O)Cl. The van der Waals surface area contributed by atoms with E-state index in [1.54, 1.807) is 6.92 Å². The van der Waals surface area contributed by atoms with Crippen LogP contribution in [0.4, 0.5) is 0 Å². The largest absolute Gasteiger partial charge is 0.482 e. The Hall–Kier alpha value is -1.02. The molecule has 0 aliphatic rings. The molecular formula is C17H25ClO2. The van der Waals surface area contributed by atoms with Crippen LogP contribution in [0.2, 0.25) is 0 Å². The molecule has 2 nitrogen and oxygen atoms in total. The molecule has 20 heavy (non-hydrogen) atoms. The molecule has 112 valence electrons. The minimum Gasteiger partial charge on any atom is -0.482 e. The summed E-state index contributed by atoms with van der Waals surface area (Å²) in [4.78, 5) is 11.2. The number of carbonyl (C=O) groups is 1. The first-order chi connectivity index (χ1) is 8.91. The standard InChI is InChI=1S/C17H25ClO2/c1-11(15(18)19)20-14-9-12(16(2,3)4)8-13(10-14)17(5,6)7/h8-11H,1-7H3/t11-/m0/s1. The molecule has 0 amide bonds. The lowest BCUT2D eigenvalue weighted by Gasteiger charge is -2.26. The van der Waals surface area contributed by atoms with Gasteiger partial charge in [0, 0.05) is 0 Å². The van der Waals surface area contributed by atoms with E-state index in [1.165, 1.54) is 11.1 Å². The van der Waals surface area contributed by atoms with Gasteiger partial charge in [-0.05, 0) is 52.6 Å². The molecule has 0 bridgehead atoms. The zero-order valence-electron chi connectivity index (χ0n) is 13.5. The van der Waals surface area contributed by atoms with Gasteiger partial charge >= 0.3 is 0 Å². The normalized spacial score (nSPS) is 14.0. The number of ether oxygens (including phenoxy) is 1. The van der Waals surface area contributed by atoms with E-state index in [0.29, 0.717) is 5.75 Å². The number of rotatable bonds is 3. The van der Waals surface area contributed by atoms with Crippen LogP contribution in [-0.2, 0) is 15.6 Å². The van der Waals surface area contributed by atoms with Gasteiger partial charge in [-0.15, -0.1) is 0 Å². The highest BCUT2D eigenvalue weighted by atomic mass is 35.5. The Labute approximate surface area is 127 Å². The summed E-state index contributed by atoms with van der Waals surface area (Å²) < 4.78 is 5.67. The first-order valence-electron chi connectivity index (χ1n) is 6.93. The van der Waals surface area contributed by atoms with Gasteiger partial charge in [-0.25, -0.2) is 0 Å². The lowest BCUT2D eigenvalue weighted by atomic mass is 9.80. The van der Waals surface area contributed by atoms with Gasteiger partial charge in [-0.2, -0.15) is 0 Å². The minimum absolute atomic E-state index is 0.0214. The fraction of sp³-hybridized carbons (Fsp3) is 0.588. The van der Waals surface area contributed by atoms with Crippen LogP contribution < -0.4 is 4.74 Å². The predicted octanol–water partition coefficient (Wildman–Crippen LogP) is 4.81. The van der Waals surface area contributed by atoms with E-state index in [9.17, 15) is 4.79 Å². The first-order valence-corrected chi connectivity index (χ1v) is 7.31. The maximum atomic E-state index is 11.2. The van der Waals surface area contributed by atoms with Crippen molar-refractivity contribution >= 4 is 16.8 Å². The van der Waals surface area contributed by atoms with Gasteiger partial charge in [0.15, 0.2) is 6.10 Å². The zero-order valence-corrected chi connectivity index (χ0v) is 14.3. The van der Waals surface area contributed by atoms with E-state index < -0.39 is 11.3 Å². The second kappa shape index (κ2) is 5.77. The quantitative estimate of drug-likeness (QED) is 0.748. The molecule has 1 atom stereocenters. The zero-order chi connectivity index (χ0) is 15.7. The van der Waals surface area contributed by atoms with Gasteiger partial charge < -0.3 is 4.74 Å². The maximum absolute atomic E-state index is 11.2. The summed E-state index contributed by atoms with van der Waals surface area (Å²) in [5.41, 5.74) is 2.42. The Morgan fingerprint density at radius 1 is 1.00 bits per heavy atom. The van der Waals surface area contributed by atoms with Crippen LogP contribution in [0.25, 0.3) is 0 Å². The van der Waals surface area contributed by atoms with Crippen molar-refractivity contribution in [2.45, 2.75) is 65.4 Å². The van der Waals surface area contributed by atoms with E-state index in [4.69, 9.17) is 16.3 Å². The summed E-state index contributed by atoms with van der Waals surface area (Å²) in [6.07, 6.45) is -0.639. The van der Waals surface area contributed by atoms with Crippen molar-refractivity contribution in [2.75, 3.05) is 0 Å². The van der Waals surface area contributed by atoms with E-state index in [0.717, 1.165) is 0 Å². The van der Waals surface area contributed by atoms with E-state index in [2.05, 4.69) is 47.6 Å². The highest BCUT2D eigenvalue weighted by molar-refractivity contribution is 6.64. The molecular weight excluding hydrogens is 272 g/mol. The molecule has 0 N–H and O–H groups in total. The molecule has 0 unspecified atom stereocenters. The van der Waals surface area contributed by atoms with E-state index >= 15 is 0 Å². The summed E-state index contributed by atoms with van der Waals surface area (Å²) in [5, 5.41) is -0.483. The summed E-state index contributed by atoms with van der Waals surface area (Å²) in [7, 11) is 0. The second-order valence-corrected chi connectivity index (χ2v) is 7.68. The van der Waals surface area contributed by atoms with Crippen molar-refractivity contribution in [1.82, 2.24) is 0 Å². The lowest BCUT2D eigenvalue weighted by Crippen LogP contribution is -2.21. The highest BCUT2D eigenvalue weighted by Crippen LogP contribution is 2.33. The predicted molar refractivity (Wildman–Crippen MR) is 84.8 cm³/mol. The van der Waals surface area contributed by atoms with Crippen LogP contribution in [-0.4, -0.2) is 11.3 Å². The third kappa shape index (κ3) is 4.52. The summed E-state index contributed by atoms with van der Waals surface area (Å²) >= 11 is 5.47. The molecule has 0 heterocycles. The average Bonchev–Trinajstić information content (AvgIpc) is 2.26. The molecule has 0 fully saturated rings. The molecule has 1 aromatic rings. The Bertz CT molecular complexity index is 460. The third-order valence-electron chi connectivity index (χ3n) is 3.27. The Morgan fingerprint density at radius 3 is 1.70 bits per heavy atom. The summed E-state index contributed by atoms with van der Waals surface area (Å²) in [5.74, 6) is 0.698. The third-order valence-corrected chi connectivity index (χ3v) is 3.58. The topological polar surface area (TPSA) is 26.3 Å². The van der Waals surface area contributed by atoms with Crippen LogP contribution in [0.1, 0.15) is 59.6 Å².